The molecule has 0 N–H and O–H groups in total. The maximum Gasteiger partial charge on any atom is 0.296 e. The molecule has 26 heavy (non-hydrogen) atoms. The van der Waals surface area contributed by atoms with Crippen molar-refractivity contribution < 1.29 is 32.1 Å². The largest absolute Gasteiger partial charge is 0.296 e. The maximum atomic E-state index is 11.9. The second-order valence-electron chi connectivity index (χ2n) is 6.83. The Morgan fingerprint density at radius 2 is 1.12 bits per heavy atom. The minimum Gasteiger partial charge on any atom is -0.266 e. The van der Waals surface area contributed by atoms with E-state index in [-0.39, 0.29) is 31.0 Å². The van der Waals surface area contributed by atoms with E-state index in [1.807, 2.05) is 0 Å². The van der Waals surface area contributed by atoms with E-state index in [9.17, 15) is 8.42 Å². The van der Waals surface area contributed by atoms with Gasteiger partial charge in [-0.2, -0.15) is 8.42 Å². The van der Waals surface area contributed by atoms with Crippen LogP contribution in [0.15, 0.2) is 35.2 Å². The number of hydrogen-bond acceptors (Lipinski definition) is 3. The minimum absolute atomic E-state index is 0. The molecule has 0 unspecified atom stereocenters. The van der Waals surface area contributed by atoms with Crippen molar-refractivity contribution >= 4 is 10.1 Å². The van der Waals surface area contributed by atoms with Gasteiger partial charge in [0.2, 0.25) is 0 Å². The average molecular weight is 434 g/mol. The summed E-state index contributed by atoms with van der Waals surface area (Å²) in [6.07, 6.45) is 16.6. The third-order valence-electron chi connectivity index (χ3n) is 4.52. The monoisotopic (exact) mass is 432 g/mol. The first kappa shape index (κ1) is 25.8. The van der Waals surface area contributed by atoms with E-state index in [0.29, 0.717) is 0 Å². The standard InChI is InChI=1S/C21H36O3S.Zn/c1-2-3-4-5-6-7-8-9-10-11-12-13-17-20-24-25(22,23)21-18-15-14-16-19-21;/h14-16,18-19H,2-13,17,20H2,1H3;. The molecular formula is C21H36O3SZn. The maximum absolute atomic E-state index is 11.9. The Bertz CT molecular complexity index is 517. The number of unbranched alkanes of at least 4 members (excludes halogenated alkanes) is 12. The SMILES string of the molecule is CCCCCCCCCCCCCCCOS(=O)(=O)c1ccccc1.[Zn]. The molecule has 0 aliphatic heterocycles. The number of benzene rings is 1. The summed E-state index contributed by atoms with van der Waals surface area (Å²) in [4.78, 5) is 0.240. The van der Waals surface area contributed by atoms with Crippen LogP contribution in [0.4, 0.5) is 0 Å². The van der Waals surface area contributed by atoms with Crippen molar-refractivity contribution in [1.82, 2.24) is 0 Å². The molecule has 0 saturated heterocycles. The zero-order valence-corrected chi connectivity index (χ0v) is 20.4. The summed E-state index contributed by atoms with van der Waals surface area (Å²) in [5.74, 6) is 0. The molecule has 0 bridgehead atoms. The number of hydrogen-bond donors (Lipinski definition) is 0. The van der Waals surface area contributed by atoms with Crippen molar-refractivity contribution in [3.63, 3.8) is 0 Å². The zero-order chi connectivity index (χ0) is 18.2. The van der Waals surface area contributed by atoms with E-state index < -0.39 is 10.1 Å². The molecule has 3 nitrogen and oxygen atoms in total. The Kier molecular flexibility index (Phi) is 16.7. The molecule has 5 heteroatoms. The first-order valence-electron chi connectivity index (χ1n) is 10.1. The third kappa shape index (κ3) is 13.0. The molecule has 0 atom stereocenters. The Morgan fingerprint density at radius 1 is 0.692 bits per heavy atom. The predicted molar refractivity (Wildman–Crippen MR) is 105 cm³/mol. The Morgan fingerprint density at radius 3 is 1.58 bits per heavy atom. The molecule has 0 aliphatic rings. The van der Waals surface area contributed by atoms with Crippen LogP contribution in [-0.4, -0.2) is 15.0 Å². The Hall–Kier alpha value is -0.247. The van der Waals surface area contributed by atoms with Gasteiger partial charge in [-0.15, -0.1) is 0 Å². The summed E-state index contributed by atoms with van der Waals surface area (Å²) < 4.78 is 28.9. The summed E-state index contributed by atoms with van der Waals surface area (Å²) in [7, 11) is -3.58. The third-order valence-corrected chi connectivity index (χ3v) is 5.84. The summed E-state index contributed by atoms with van der Waals surface area (Å²) in [6.45, 7) is 2.54. The van der Waals surface area contributed by atoms with Crippen LogP contribution in [0, 0.1) is 0 Å². The molecule has 0 amide bonds. The van der Waals surface area contributed by atoms with Crippen molar-refractivity contribution in [2.24, 2.45) is 0 Å². The predicted octanol–water partition coefficient (Wildman–Crippen LogP) is 6.48. The van der Waals surface area contributed by atoms with E-state index in [4.69, 9.17) is 4.18 Å². The van der Waals surface area contributed by atoms with Crippen LogP contribution in [0.5, 0.6) is 0 Å². The number of rotatable bonds is 16. The Balaban J connectivity index is 0.00000625. The van der Waals surface area contributed by atoms with Gasteiger partial charge in [-0.1, -0.05) is 102 Å². The van der Waals surface area contributed by atoms with Gasteiger partial charge in [0, 0.05) is 19.5 Å². The van der Waals surface area contributed by atoms with Gasteiger partial charge >= 0.3 is 0 Å². The molecular weight excluding hydrogens is 398 g/mol. The van der Waals surface area contributed by atoms with Gasteiger partial charge in [0.1, 0.15) is 0 Å². The van der Waals surface area contributed by atoms with Crippen LogP contribution in [-0.2, 0) is 33.8 Å². The topological polar surface area (TPSA) is 43.4 Å². The second kappa shape index (κ2) is 16.9. The van der Waals surface area contributed by atoms with Crippen molar-refractivity contribution in [2.75, 3.05) is 6.61 Å². The van der Waals surface area contributed by atoms with Crippen LogP contribution >= 0.6 is 0 Å². The van der Waals surface area contributed by atoms with Crippen molar-refractivity contribution in [3.8, 4) is 0 Å². The van der Waals surface area contributed by atoms with Crippen LogP contribution in [0.2, 0.25) is 0 Å². The minimum atomic E-state index is -3.58. The second-order valence-corrected chi connectivity index (χ2v) is 8.45. The quantitative estimate of drug-likeness (QED) is 0.170. The van der Waals surface area contributed by atoms with E-state index in [2.05, 4.69) is 6.92 Å². The van der Waals surface area contributed by atoms with Crippen LogP contribution in [0.25, 0.3) is 0 Å². The van der Waals surface area contributed by atoms with Crippen molar-refractivity contribution in [2.45, 2.75) is 95.3 Å². The average Bonchev–Trinajstić information content (AvgIpc) is 2.63. The zero-order valence-electron chi connectivity index (χ0n) is 16.6. The summed E-state index contributed by atoms with van der Waals surface area (Å²) in [6, 6.07) is 8.35. The van der Waals surface area contributed by atoms with Gasteiger partial charge in [-0.25, -0.2) is 0 Å². The fourth-order valence-corrected chi connectivity index (χ4v) is 3.91. The van der Waals surface area contributed by atoms with Gasteiger partial charge in [0.15, 0.2) is 0 Å². The van der Waals surface area contributed by atoms with Gasteiger partial charge in [0.05, 0.1) is 11.5 Å². The van der Waals surface area contributed by atoms with E-state index in [0.717, 1.165) is 12.8 Å². The molecule has 0 saturated carbocycles. The molecule has 1 aromatic carbocycles. The van der Waals surface area contributed by atoms with E-state index in [1.165, 1.54) is 70.6 Å². The molecule has 1 rings (SSSR count). The molecule has 0 radical (unpaired) electrons. The molecule has 0 aliphatic carbocycles. The molecule has 0 spiro atoms. The van der Waals surface area contributed by atoms with E-state index >= 15 is 0 Å². The molecule has 0 heterocycles. The first-order valence-corrected chi connectivity index (χ1v) is 11.5. The fourth-order valence-electron chi connectivity index (χ4n) is 2.94. The van der Waals surface area contributed by atoms with Crippen LogP contribution in [0.3, 0.4) is 0 Å². The summed E-state index contributed by atoms with van der Waals surface area (Å²) in [5.41, 5.74) is 0. The van der Waals surface area contributed by atoms with Crippen LogP contribution in [0.1, 0.15) is 90.4 Å². The molecule has 1 aromatic rings. The van der Waals surface area contributed by atoms with Gasteiger partial charge in [-0.3, -0.25) is 4.18 Å². The fraction of sp³-hybridized carbons (Fsp3) is 0.714. The van der Waals surface area contributed by atoms with E-state index in [1.54, 1.807) is 30.3 Å². The van der Waals surface area contributed by atoms with Gasteiger partial charge in [-0.05, 0) is 18.6 Å². The summed E-state index contributed by atoms with van der Waals surface area (Å²) >= 11 is 0. The van der Waals surface area contributed by atoms with Crippen LogP contribution < -0.4 is 0 Å². The molecule has 0 fully saturated rings. The Labute approximate surface area is 174 Å². The molecule has 146 valence electrons. The van der Waals surface area contributed by atoms with Crippen molar-refractivity contribution in [3.05, 3.63) is 30.3 Å². The smallest absolute Gasteiger partial charge is 0.266 e. The first-order chi connectivity index (χ1) is 12.2. The van der Waals surface area contributed by atoms with Crippen molar-refractivity contribution in [1.29, 1.82) is 0 Å². The van der Waals surface area contributed by atoms with Gasteiger partial charge < -0.3 is 0 Å². The van der Waals surface area contributed by atoms with Gasteiger partial charge in [0.25, 0.3) is 10.1 Å². The normalized spacial score (nSPS) is 11.3. The summed E-state index contributed by atoms with van der Waals surface area (Å²) in [5, 5.41) is 0. The molecule has 0 aromatic heterocycles.